The Labute approximate surface area is 122 Å². The molecule has 106 valence electrons. The molecule has 0 bridgehead atoms. The summed E-state index contributed by atoms with van der Waals surface area (Å²) in [6.45, 7) is 5.85. The summed E-state index contributed by atoms with van der Waals surface area (Å²) in [5.74, 6) is -0.325. The molecule has 1 rings (SSSR count). The average molecular weight is 330 g/mol. The molecule has 0 spiro atoms. The number of ether oxygens (including phenoxy) is 1. The third kappa shape index (κ3) is 6.71. The van der Waals surface area contributed by atoms with Crippen molar-refractivity contribution < 1.29 is 14.6 Å². The second-order valence-electron chi connectivity index (χ2n) is 5.29. The summed E-state index contributed by atoms with van der Waals surface area (Å²) in [5.41, 5.74) is 0.313. The summed E-state index contributed by atoms with van der Waals surface area (Å²) in [4.78, 5) is 11.5. The highest BCUT2D eigenvalue weighted by Crippen LogP contribution is 2.17. The predicted octanol–water partition coefficient (Wildman–Crippen LogP) is 2.41. The molecule has 0 aliphatic heterocycles. The molecule has 0 amide bonds. The number of halogens is 1. The summed E-state index contributed by atoms with van der Waals surface area (Å²) in [7, 11) is 0. The van der Waals surface area contributed by atoms with Crippen LogP contribution in [0.25, 0.3) is 0 Å². The maximum atomic E-state index is 11.5. The molecule has 0 aromatic heterocycles. The van der Waals surface area contributed by atoms with Gasteiger partial charge in [-0.15, -0.1) is 0 Å². The van der Waals surface area contributed by atoms with Gasteiger partial charge < -0.3 is 15.2 Å². The lowest BCUT2D eigenvalue weighted by Gasteiger charge is -2.20. The topological polar surface area (TPSA) is 58.6 Å². The Bertz CT molecular complexity index is 429. The van der Waals surface area contributed by atoms with Gasteiger partial charge in [0.25, 0.3) is 0 Å². The highest BCUT2D eigenvalue weighted by atomic mass is 79.9. The molecule has 0 saturated heterocycles. The van der Waals surface area contributed by atoms with Crippen LogP contribution in [0.3, 0.4) is 0 Å². The van der Waals surface area contributed by atoms with Gasteiger partial charge in [-0.2, -0.15) is 0 Å². The van der Waals surface area contributed by atoms with E-state index in [4.69, 9.17) is 4.74 Å². The number of aliphatic hydroxyl groups is 1. The van der Waals surface area contributed by atoms with Gasteiger partial charge in [-0.1, -0.05) is 28.1 Å². The van der Waals surface area contributed by atoms with Gasteiger partial charge in [0.1, 0.15) is 5.60 Å². The molecular weight excluding hydrogens is 310 g/mol. The monoisotopic (exact) mass is 329 g/mol. The number of benzene rings is 1. The van der Waals surface area contributed by atoms with Crippen LogP contribution in [0.5, 0.6) is 0 Å². The van der Waals surface area contributed by atoms with Crippen molar-refractivity contribution in [3.8, 4) is 0 Å². The molecule has 0 saturated carbocycles. The zero-order chi connectivity index (χ0) is 14.5. The zero-order valence-corrected chi connectivity index (χ0v) is 13.0. The van der Waals surface area contributed by atoms with E-state index in [1.165, 1.54) is 0 Å². The van der Waals surface area contributed by atoms with E-state index in [-0.39, 0.29) is 12.5 Å². The van der Waals surface area contributed by atoms with Crippen molar-refractivity contribution >= 4 is 21.9 Å². The molecule has 0 fully saturated rings. The predicted molar refractivity (Wildman–Crippen MR) is 77.8 cm³/mol. The van der Waals surface area contributed by atoms with Crippen LogP contribution in [0.2, 0.25) is 0 Å². The quantitative estimate of drug-likeness (QED) is 0.814. The summed E-state index contributed by atoms with van der Waals surface area (Å²) in [5, 5.41) is 12.8. The summed E-state index contributed by atoms with van der Waals surface area (Å²) < 4.78 is 6.07. The lowest BCUT2D eigenvalue weighted by Crippen LogP contribution is -2.33. The molecule has 0 unspecified atom stereocenters. The average Bonchev–Trinajstić information content (AvgIpc) is 2.26. The smallest absolute Gasteiger partial charge is 0.320 e. The highest BCUT2D eigenvalue weighted by molar-refractivity contribution is 9.10. The first-order valence-corrected chi connectivity index (χ1v) is 6.93. The van der Waals surface area contributed by atoms with E-state index >= 15 is 0 Å². The van der Waals surface area contributed by atoms with Gasteiger partial charge in [-0.3, -0.25) is 4.79 Å². The van der Waals surface area contributed by atoms with Crippen molar-refractivity contribution in [1.82, 2.24) is 5.32 Å². The maximum absolute atomic E-state index is 11.5. The number of rotatable bonds is 5. The SMILES string of the molecule is CC(C)(C)OC(=O)CNC[C@H](O)c1cccc(Br)c1. The van der Waals surface area contributed by atoms with E-state index in [1.807, 2.05) is 45.0 Å². The van der Waals surface area contributed by atoms with Crippen LogP contribution < -0.4 is 5.32 Å². The normalized spacial score (nSPS) is 13.1. The number of esters is 1. The first kappa shape index (κ1) is 16.1. The molecule has 1 aromatic rings. The third-order valence-electron chi connectivity index (χ3n) is 2.26. The zero-order valence-electron chi connectivity index (χ0n) is 11.4. The van der Waals surface area contributed by atoms with Crippen LogP contribution in [0, 0.1) is 0 Å². The molecule has 0 aliphatic rings. The molecule has 19 heavy (non-hydrogen) atoms. The third-order valence-corrected chi connectivity index (χ3v) is 2.75. The number of aliphatic hydroxyl groups excluding tert-OH is 1. The largest absolute Gasteiger partial charge is 0.459 e. The van der Waals surface area contributed by atoms with E-state index in [1.54, 1.807) is 0 Å². The summed E-state index contributed by atoms with van der Waals surface area (Å²) >= 11 is 3.35. The van der Waals surface area contributed by atoms with E-state index < -0.39 is 11.7 Å². The Hall–Kier alpha value is -0.910. The molecule has 0 aliphatic carbocycles. The lowest BCUT2D eigenvalue weighted by molar-refractivity contribution is -0.153. The fourth-order valence-electron chi connectivity index (χ4n) is 1.52. The van der Waals surface area contributed by atoms with Crippen molar-refractivity contribution in [2.75, 3.05) is 13.1 Å². The molecule has 5 heteroatoms. The van der Waals surface area contributed by atoms with Crippen molar-refractivity contribution in [2.45, 2.75) is 32.5 Å². The number of carbonyl (C=O) groups is 1. The standard InChI is InChI=1S/C14H20BrNO3/c1-14(2,3)19-13(18)9-16-8-12(17)10-5-4-6-11(15)7-10/h4-7,12,16-17H,8-9H2,1-3H3/t12-/m0/s1. The number of hydrogen-bond acceptors (Lipinski definition) is 4. The van der Waals surface area contributed by atoms with Gasteiger partial charge in [0.2, 0.25) is 0 Å². The molecule has 1 atom stereocenters. The minimum Gasteiger partial charge on any atom is -0.459 e. The van der Waals surface area contributed by atoms with Gasteiger partial charge >= 0.3 is 5.97 Å². The molecule has 0 heterocycles. The Morgan fingerprint density at radius 1 is 1.47 bits per heavy atom. The second kappa shape index (κ2) is 7.03. The van der Waals surface area contributed by atoms with Gasteiger partial charge in [0.15, 0.2) is 0 Å². The van der Waals surface area contributed by atoms with Crippen LogP contribution in [-0.2, 0) is 9.53 Å². The van der Waals surface area contributed by atoms with E-state index in [9.17, 15) is 9.90 Å². The fourth-order valence-corrected chi connectivity index (χ4v) is 1.94. The van der Waals surface area contributed by atoms with Gasteiger partial charge in [0.05, 0.1) is 12.6 Å². The number of hydrogen-bond donors (Lipinski definition) is 2. The van der Waals surface area contributed by atoms with E-state index in [0.29, 0.717) is 6.54 Å². The Morgan fingerprint density at radius 2 is 2.16 bits per heavy atom. The second-order valence-corrected chi connectivity index (χ2v) is 6.20. The van der Waals surface area contributed by atoms with E-state index in [2.05, 4.69) is 21.2 Å². The minimum atomic E-state index is -0.653. The van der Waals surface area contributed by atoms with Crippen LogP contribution in [0.15, 0.2) is 28.7 Å². The van der Waals surface area contributed by atoms with Crippen molar-refractivity contribution in [3.63, 3.8) is 0 Å². The molecular formula is C14H20BrNO3. The van der Waals surface area contributed by atoms with Crippen LogP contribution in [-0.4, -0.2) is 29.8 Å². The molecule has 1 aromatic carbocycles. The van der Waals surface area contributed by atoms with Crippen molar-refractivity contribution in [3.05, 3.63) is 34.3 Å². The summed E-state index contributed by atoms with van der Waals surface area (Å²) in [6.07, 6.45) is -0.653. The Kier molecular flexibility index (Phi) is 5.97. The van der Waals surface area contributed by atoms with Gasteiger partial charge in [0, 0.05) is 11.0 Å². The lowest BCUT2D eigenvalue weighted by atomic mass is 10.1. The maximum Gasteiger partial charge on any atom is 0.320 e. The molecule has 0 radical (unpaired) electrons. The molecule has 4 nitrogen and oxygen atoms in total. The van der Waals surface area contributed by atoms with Gasteiger partial charge in [-0.25, -0.2) is 0 Å². The van der Waals surface area contributed by atoms with E-state index in [0.717, 1.165) is 10.0 Å². The molecule has 2 N–H and O–H groups in total. The Morgan fingerprint density at radius 3 is 2.74 bits per heavy atom. The van der Waals surface area contributed by atoms with Crippen LogP contribution in [0.1, 0.15) is 32.4 Å². The number of nitrogens with one attached hydrogen (secondary N) is 1. The minimum absolute atomic E-state index is 0.0856. The van der Waals surface area contributed by atoms with Crippen LogP contribution in [0.4, 0.5) is 0 Å². The number of carbonyl (C=O) groups excluding carboxylic acids is 1. The van der Waals surface area contributed by atoms with Gasteiger partial charge in [-0.05, 0) is 38.5 Å². The van der Waals surface area contributed by atoms with Crippen LogP contribution >= 0.6 is 15.9 Å². The van der Waals surface area contributed by atoms with Crippen molar-refractivity contribution in [1.29, 1.82) is 0 Å². The first-order chi connectivity index (χ1) is 8.78. The fraction of sp³-hybridized carbons (Fsp3) is 0.500. The van der Waals surface area contributed by atoms with Crippen molar-refractivity contribution in [2.24, 2.45) is 0 Å². The first-order valence-electron chi connectivity index (χ1n) is 6.14. The summed E-state index contributed by atoms with van der Waals surface area (Å²) in [6, 6.07) is 7.44. The highest BCUT2D eigenvalue weighted by Gasteiger charge is 2.16. The Balaban J connectivity index is 2.35.